The molecule has 0 aliphatic carbocycles. The molecule has 0 bridgehead atoms. The summed E-state index contributed by atoms with van der Waals surface area (Å²) >= 11 is 0. The Balaban J connectivity index is 1.30. The fraction of sp³-hybridized carbons (Fsp3) is 0.115. The van der Waals surface area contributed by atoms with Gasteiger partial charge in [0.2, 0.25) is 0 Å². The van der Waals surface area contributed by atoms with Crippen LogP contribution < -0.4 is 5.73 Å². The molecule has 0 spiro atoms. The average molecular weight is 493 g/mol. The number of H-pyrrole nitrogens is 1. The molecule has 5 aromatic heterocycles. The van der Waals surface area contributed by atoms with Gasteiger partial charge in [0.25, 0.3) is 0 Å². The molecule has 6 rings (SSSR count). The van der Waals surface area contributed by atoms with Crippen LogP contribution in [-0.4, -0.2) is 44.9 Å². The highest BCUT2D eigenvalue weighted by molar-refractivity contribution is 5.74. The van der Waals surface area contributed by atoms with E-state index in [1.54, 1.807) is 17.1 Å². The number of pyridine rings is 2. The Morgan fingerprint density at radius 2 is 1.81 bits per heavy atom. The Bertz CT molecular complexity index is 1740. The zero-order valence-corrected chi connectivity index (χ0v) is 20.0. The van der Waals surface area contributed by atoms with Crippen molar-refractivity contribution >= 4 is 17.0 Å². The summed E-state index contributed by atoms with van der Waals surface area (Å²) in [5.41, 5.74) is 11.8. The summed E-state index contributed by atoms with van der Waals surface area (Å²) in [4.78, 5) is 25.3. The average Bonchev–Trinajstić information content (AvgIpc) is 3.55. The van der Waals surface area contributed by atoms with Gasteiger partial charge in [-0.25, -0.2) is 34.0 Å². The highest BCUT2D eigenvalue weighted by atomic mass is 19.1. The molecule has 0 fully saturated rings. The van der Waals surface area contributed by atoms with E-state index in [1.807, 2.05) is 62.4 Å². The minimum Gasteiger partial charge on any atom is -0.381 e. The van der Waals surface area contributed by atoms with Crippen LogP contribution in [0.5, 0.6) is 0 Å². The van der Waals surface area contributed by atoms with E-state index < -0.39 is 5.82 Å². The van der Waals surface area contributed by atoms with Gasteiger partial charge < -0.3 is 10.7 Å². The summed E-state index contributed by atoms with van der Waals surface area (Å²) in [7, 11) is 0. The molecule has 6 aromatic rings. The maximum atomic E-state index is 15.0. The van der Waals surface area contributed by atoms with Gasteiger partial charge in [0.15, 0.2) is 28.9 Å². The van der Waals surface area contributed by atoms with Gasteiger partial charge in [-0.3, -0.25) is 0 Å². The van der Waals surface area contributed by atoms with Crippen LogP contribution >= 0.6 is 0 Å². The molecule has 37 heavy (non-hydrogen) atoms. The number of nitrogens with zero attached hydrogens (tertiary/aromatic N) is 8. The van der Waals surface area contributed by atoms with Crippen molar-refractivity contribution in [3.63, 3.8) is 0 Å². The number of imidazole rings is 1. The number of halogens is 1. The molecule has 0 atom stereocenters. The van der Waals surface area contributed by atoms with Crippen LogP contribution in [0.1, 0.15) is 16.8 Å². The number of rotatable bonds is 5. The van der Waals surface area contributed by atoms with Crippen molar-refractivity contribution in [1.29, 1.82) is 0 Å². The van der Waals surface area contributed by atoms with E-state index in [9.17, 15) is 4.39 Å². The van der Waals surface area contributed by atoms with Gasteiger partial charge in [-0.05, 0) is 49.2 Å². The van der Waals surface area contributed by atoms with Gasteiger partial charge in [-0.1, -0.05) is 29.5 Å². The molecule has 0 radical (unpaired) electrons. The fourth-order valence-corrected chi connectivity index (χ4v) is 4.06. The molecule has 5 heterocycles. The first-order valence-electron chi connectivity index (χ1n) is 11.5. The monoisotopic (exact) mass is 492 g/mol. The number of benzene rings is 1. The Morgan fingerprint density at radius 1 is 0.946 bits per heavy atom. The first-order chi connectivity index (χ1) is 18.0. The third kappa shape index (κ3) is 4.16. The Hall–Kier alpha value is -5.06. The van der Waals surface area contributed by atoms with Crippen molar-refractivity contribution in [2.75, 3.05) is 5.73 Å². The largest absolute Gasteiger partial charge is 0.381 e. The predicted molar refractivity (Wildman–Crippen MR) is 137 cm³/mol. The molecular formula is C26H21FN10. The molecule has 11 heteroatoms. The summed E-state index contributed by atoms with van der Waals surface area (Å²) < 4.78 is 16.5. The summed E-state index contributed by atoms with van der Waals surface area (Å²) in [6.07, 6.45) is 3.30. The van der Waals surface area contributed by atoms with Crippen molar-refractivity contribution in [2.24, 2.45) is 0 Å². The Morgan fingerprint density at radius 3 is 2.68 bits per heavy atom. The molecule has 3 N–H and O–H groups in total. The number of aryl methyl sites for hydroxylation is 1. The summed E-state index contributed by atoms with van der Waals surface area (Å²) in [5.74, 6) is -0.0310. The zero-order chi connectivity index (χ0) is 25.5. The minimum absolute atomic E-state index is 0.00820. The Labute approximate surface area is 210 Å². The number of nitrogens with two attached hydrogens (primary N) is 1. The second-order valence-corrected chi connectivity index (χ2v) is 8.62. The van der Waals surface area contributed by atoms with Crippen molar-refractivity contribution in [3.05, 3.63) is 83.6 Å². The smallest absolute Gasteiger partial charge is 0.193 e. The van der Waals surface area contributed by atoms with Gasteiger partial charge in [-0.15, -0.1) is 5.10 Å². The third-order valence-corrected chi connectivity index (χ3v) is 6.13. The Kier molecular flexibility index (Phi) is 5.37. The number of hydrogen-bond donors (Lipinski definition) is 2. The highest BCUT2D eigenvalue weighted by Gasteiger charge is 2.19. The molecule has 1 aromatic carbocycles. The molecule has 0 amide bonds. The minimum atomic E-state index is -0.736. The van der Waals surface area contributed by atoms with Crippen LogP contribution in [0.15, 0.2) is 60.9 Å². The van der Waals surface area contributed by atoms with Crippen molar-refractivity contribution in [2.45, 2.75) is 20.4 Å². The van der Waals surface area contributed by atoms with Gasteiger partial charge in [-0.2, -0.15) is 0 Å². The quantitative estimate of drug-likeness (QED) is 0.367. The van der Waals surface area contributed by atoms with Crippen molar-refractivity contribution in [1.82, 2.24) is 44.9 Å². The van der Waals surface area contributed by atoms with Gasteiger partial charge in [0.05, 0.1) is 24.0 Å². The fourth-order valence-electron chi connectivity index (χ4n) is 4.06. The lowest BCUT2D eigenvalue weighted by Gasteiger charge is -2.10. The normalized spacial score (nSPS) is 11.3. The lowest BCUT2D eigenvalue weighted by Crippen LogP contribution is -2.04. The lowest BCUT2D eigenvalue weighted by molar-refractivity contribution is 0.623. The zero-order valence-electron chi connectivity index (χ0n) is 20.0. The van der Waals surface area contributed by atoms with E-state index in [2.05, 4.69) is 40.2 Å². The second-order valence-electron chi connectivity index (χ2n) is 8.62. The number of aromatic nitrogens is 9. The molecule has 0 aliphatic heterocycles. The third-order valence-electron chi connectivity index (χ3n) is 6.13. The van der Waals surface area contributed by atoms with Crippen molar-refractivity contribution < 1.29 is 4.39 Å². The predicted octanol–water partition coefficient (Wildman–Crippen LogP) is 4.12. The number of hydrogen-bond acceptors (Lipinski definition) is 8. The second kappa shape index (κ2) is 8.86. The molecule has 10 nitrogen and oxygen atoms in total. The van der Waals surface area contributed by atoms with E-state index >= 15 is 0 Å². The molecule has 0 aliphatic rings. The SMILES string of the molecule is Cc1cccc(-c2nc(N)c(F)c(-c3cn(Cc4cccc(-c5nc6ncccc6[nH]5)n4)nn3)n2)c1C. The van der Waals surface area contributed by atoms with Crippen LogP contribution in [0.3, 0.4) is 0 Å². The van der Waals surface area contributed by atoms with Crippen molar-refractivity contribution in [3.8, 4) is 34.3 Å². The first-order valence-corrected chi connectivity index (χ1v) is 11.5. The van der Waals surface area contributed by atoms with E-state index in [0.29, 0.717) is 29.5 Å². The molecule has 0 saturated heterocycles. The van der Waals surface area contributed by atoms with Gasteiger partial charge in [0, 0.05) is 11.8 Å². The van der Waals surface area contributed by atoms with Crippen LogP contribution in [-0.2, 0) is 6.54 Å². The molecule has 182 valence electrons. The summed E-state index contributed by atoms with van der Waals surface area (Å²) in [5, 5.41) is 8.30. The van der Waals surface area contributed by atoms with Gasteiger partial charge in [0.1, 0.15) is 17.1 Å². The molecular weight excluding hydrogens is 471 g/mol. The molecule has 0 unspecified atom stereocenters. The number of fused-ring (bicyclic) bond motifs is 1. The number of nitrogens with one attached hydrogen (secondary N) is 1. The molecule has 0 saturated carbocycles. The van der Waals surface area contributed by atoms with Crippen LogP contribution in [0.4, 0.5) is 10.2 Å². The van der Waals surface area contributed by atoms with E-state index in [0.717, 1.165) is 27.9 Å². The lowest BCUT2D eigenvalue weighted by atomic mass is 10.0. The van der Waals surface area contributed by atoms with Gasteiger partial charge >= 0.3 is 0 Å². The first kappa shape index (κ1) is 22.4. The van der Waals surface area contributed by atoms with E-state index in [-0.39, 0.29) is 17.2 Å². The summed E-state index contributed by atoms with van der Waals surface area (Å²) in [6, 6.07) is 15.1. The number of anilines is 1. The number of aromatic amines is 1. The summed E-state index contributed by atoms with van der Waals surface area (Å²) in [6.45, 7) is 4.27. The van der Waals surface area contributed by atoms with Crippen LogP contribution in [0.25, 0.3) is 45.5 Å². The topological polar surface area (TPSA) is 137 Å². The van der Waals surface area contributed by atoms with Crippen LogP contribution in [0.2, 0.25) is 0 Å². The maximum absolute atomic E-state index is 15.0. The van der Waals surface area contributed by atoms with E-state index in [4.69, 9.17) is 5.73 Å². The highest BCUT2D eigenvalue weighted by Crippen LogP contribution is 2.28. The van der Waals surface area contributed by atoms with E-state index in [1.165, 1.54) is 0 Å². The maximum Gasteiger partial charge on any atom is 0.193 e. The van der Waals surface area contributed by atoms with Crippen LogP contribution in [0, 0.1) is 19.7 Å². The number of nitrogen functional groups attached to an aromatic ring is 1. The standard InChI is InChI=1S/C26H21FN10/c1-14-6-3-8-17(15(14)2)24-32-22(21(27)23(28)33-24)20-13-37(36-35-20)12-16-7-4-9-19(30-16)26-31-18-10-5-11-29-25(18)34-26/h3-11,13H,12H2,1-2H3,(H2,28,32,33)(H,29,31,34).